The van der Waals surface area contributed by atoms with Crippen LogP contribution in [-0.2, 0) is 11.2 Å². The van der Waals surface area contributed by atoms with Crippen molar-refractivity contribution in [2.45, 2.75) is 12.6 Å². The van der Waals surface area contributed by atoms with Gasteiger partial charge in [0.25, 0.3) is 0 Å². The summed E-state index contributed by atoms with van der Waals surface area (Å²) in [5.74, 6) is 0.0316. The molecule has 1 amide bonds. The molecule has 3 nitrogen and oxygen atoms in total. The molecule has 0 saturated carbocycles. The highest BCUT2D eigenvalue weighted by Gasteiger charge is 2.30. The average Bonchev–Trinajstić information content (AvgIpc) is 2.90. The molecule has 0 aliphatic carbocycles. The fourth-order valence-corrected chi connectivity index (χ4v) is 2.97. The van der Waals surface area contributed by atoms with E-state index in [1.165, 1.54) is 5.56 Å². The van der Waals surface area contributed by atoms with Gasteiger partial charge in [0.15, 0.2) is 0 Å². The lowest BCUT2D eigenvalue weighted by molar-refractivity contribution is -0.118. The number of halogens is 2. The molecule has 1 unspecified atom stereocenters. The molecule has 1 saturated heterocycles. The molecule has 1 aliphatic rings. The number of benzene rings is 2. The Balaban J connectivity index is 1.74. The lowest BCUT2D eigenvalue weighted by Gasteiger charge is -2.23. The summed E-state index contributed by atoms with van der Waals surface area (Å²) in [5, 5.41) is 4.01. The lowest BCUT2D eigenvalue weighted by Crippen LogP contribution is -2.29. The van der Waals surface area contributed by atoms with Crippen LogP contribution < -0.4 is 5.32 Å². The van der Waals surface area contributed by atoms with Gasteiger partial charge in [-0.25, -0.2) is 0 Å². The number of hydrogen-bond acceptors (Lipinski definition) is 2. The first kappa shape index (κ1) is 15.3. The summed E-state index contributed by atoms with van der Waals surface area (Å²) in [5.41, 5.74) is 2.21. The maximum atomic E-state index is 11.8. The Morgan fingerprint density at radius 3 is 2.59 bits per heavy atom. The molecule has 3 rings (SSSR count). The number of rotatable bonds is 4. The van der Waals surface area contributed by atoms with Crippen molar-refractivity contribution < 1.29 is 4.79 Å². The van der Waals surface area contributed by atoms with Crippen molar-refractivity contribution in [1.82, 2.24) is 10.2 Å². The van der Waals surface area contributed by atoms with E-state index in [0.29, 0.717) is 16.6 Å². The number of carbonyl (C=O) groups excluding carboxylic acids is 1. The summed E-state index contributed by atoms with van der Waals surface area (Å²) in [4.78, 5) is 13.9. The lowest BCUT2D eigenvalue weighted by atomic mass is 10.1. The maximum absolute atomic E-state index is 11.8. The molecular weight excluding hydrogens is 319 g/mol. The monoisotopic (exact) mass is 334 g/mol. The summed E-state index contributed by atoms with van der Waals surface area (Å²) < 4.78 is 0. The van der Waals surface area contributed by atoms with Crippen molar-refractivity contribution in [1.29, 1.82) is 0 Å². The van der Waals surface area contributed by atoms with Crippen molar-refractivity contribution in [2.24, 2.45) is 0 Å². The zero-order valence-electron chi connectivity index (χ0n) is 11.9. The minimum Gasteiger partial charge on any atom is -0.335 e. The third kappa shape index (κ3) is 3.43. The molecule has 1 aliphatic heterocycles. The van der Waals surface area contributed by atoms with E-state index in [-0.39, 0.29) is 12.1 Å². The molecular formula is C17H16Cl2N2O. The Bertz CT molecular complexity index is 676. The van der Waals surface area contributed by atoms with Gasteiger partial charge in [0.05, 0.1) is 16.6 Å². The molecule has 114 valence electrons. The van der Waals surface area contributed by atoms with E-state index >= 15 is 0 Å². The molecule has 2 aromatic carbocycles. The second-order valence-corrected chi connectivity index (χ2v) is 6.16. The van der Waals surface area contributed by atoms with Crippen molar-refractivity contribution in [3.63, 3.8) is 0 Å². The van der Waals surface area contributed by atoms with Crippen molar-refractivity contribution in [3.8, 4) is 0 Å². The fraction of sp³-hybridized carbons (Fsp3) is 0.235. The Hall–Kier alpha value is -1.55. The molecule has 0 radical (unpaired) electrons. The third-order valence-electron chi connectivity index (χ3n) is 3.80. The van der Waals surface area contributed by atoms with Gasteiger partial charge < -0.3 is 5.32 Å². The zero-order valence-corrected chi connectivity index (χ0v) is 13.4. The minimum absolute atomic E-state index is 0.0316. The zero-order chi connectivity index (χ0) is 15.5. The summed E-state index contributed by atoms with van der Waals surface area (Å²) >= 11 is 12.0. The molecule has 22 heavy (non-hydrogen) atoms. The highest BCUT2D eigenvalue weighted by molar-refractivity contribution is 6.42. The molecule has 1 fully saturated rings. The molecule has 2 aromatic rings. The highest BCUT2D eigenvalue weighted by Crippen LogP contribution is 2.29. The Morgan fingerprint density at radius 1 is 1.09 bits per heavy atom. The second-order valence-electron chi connectivity index (χ2n) is 5.35. The van der Waals surface area contributed by atoms with Gasteiger partial charge in [-0.3, -0.25) is 9.69 Å². The van der Waals surface area contributed by atoms with Gasteiger partial charge in [-0.2, -0.15) is 0 Å². The molecule has 0 bridgehead atoms. The summed E-state index contributed by atoms with van der Waals surface area (Å²) in [6, 6.07) is 15.7. The van der Waals surface area contributed by atoms with Gasteiger partial charge in [-0.15, -0.1) is 0 Å². The normalized spacial score (nSPS) is 18.5. The summed E-state index contributed by atoms with van der Waals surface area (Å²) in [6.07, 6.45) is 0.749. The molecule has 0 spiro atoms. The topological polar surface area (TPSA) is 32.3 Å². The largest absolute Gasteiger partial charge is 0.335 e. The standard InChI is InChI=1S/C17H16Cl2N2O/c18-14-7-6-13(10-15(14)19)17-20-16(22)11-21(17)9-8-12-4-2-1-3-5-12/h1-7,10,17H,8-9,11H2,(H,20,22). The summed E-state index contributed by atoms with van der Waals surface area (Å²) in [7, 11) is 0. The van der Waals surface area contributed by atoms with Gasteiger partial charge in [0.1, 0.15) is 6.17 Å². The Labute approximate surface area is 139 Å². The molecule has 1 atom stereocenters. The van der Waals surface area contributed by atoms with Crippen LogP contribution in [0.1, 0.15) is 17.3 Å². The van der Waals surface area contributed by atoms with Crippen LogP contribution in [0.15, 0.2) is 48.5 Å². The molecule has 5 heteroatoms. The van der Waals surface area contributed by atoms with E-state index in [0.717, 1.165) is 18.5 Å². The van der Waals surface area contributed by atoms with Crippen LogP contribution in [0.3, 0.4) is 0 Å². The first-order valence-electron chi connectivity index (χ1n) is 7.16. The SMILES string of the molecule is O=C1CN(CCc2ccccc2)C(c2ccc(Cl)c(Cl)c2)N1. The van der Waals surface area contributed by atoms with E-state index in [9.17, 15) is 4.79 Å². The predicted molar refractivity (Wildman–Crippen MR) is 89.1 cm³/mol. The van der Waals surface area contributed by atoms with Crippen LogP contribution in [0, 0.1) is 0 Å². The van der Waals surface area contributed by atoms with E-state index in [4.69, 9.17) is 23.2 Å². The number of carbonyl (C=O) groups is 1. The van der Waals surface area contributed by atoms with E-state index in [1.807, 2.05) is 30.3 Å². The van der Waals surface area contributed by atoms with Crippen molar-refractivity contribution in [3.05, 3.63) is 69.7 Å². The Kier molecular flexibility index (Phi) is 4.67. The van der Waals surface area contributed by atoms with Crippen LogP contribution >= 0.6 is 23.2 Å². The van der Waals surface area contributed by atoms with Crippen LogP contribution in [0.25, 0.3) is 0 Å². The molecule has 0 aromatic heterocycles. The fourth-order valence-electron chi connectivity index (χ4n) is 2.67. The van der Waals surface area contributed by atoms with Crippen molar-refractivity contribution in [2.75, 3.05) is 13.1 Å². The second kappa shape index (κ2) is 6.69. The predicted octanol–water partition coefficient (Wildman–Crippen LogP) is 3.67. The number of hydrogen-bond donors (Lipinski definition) is 1. The maximum Gasteiger partial charge on any atom is 0.235 e. The van der Waals surface area contributed by atoms with E-state index < -0.39 is 0 Å². The van der Waals surface area contributed by atoms with E-state index in [1.54, 1.807) is 6.07 Å². The number of amides is 1. The van der Waals surface area contributed by atoms with Gasteiger partial charge in [-0.05, 0) is 29.7 Å². The van der Waals surface area contributed by atoms with Crippen LogP contribution in [-0.4, -0.2) is 23.9 Å². The van der Waals surface area contributed by atoms with Gasteiger partial charge in [-0.1, -0.05) is 59.6 Å². The summed E-state index contributed by atoms with van der Waals surface area (Å²) in [6.45, 7) is 1.20. The first-order chi connectivity index (χ1) is 10.6. The number of nitrogens with one attached hydrogen (secondary N) is 1. The van der Waals surface area contributed by atoms with E-state index in [2.05, 4.69) is 22.3 Å². The Morgan fingerprint density at radius 2 is 1.86 bits per heavy atom. The average molecular weight is 335 g/mol. The smallest absolute Gasteiger partial charge is 0.235 e. The molecule has 1 N–H and O–H groups in total. The van der Waals surface area contributed by atoms with Gasteiger partial charge >= 0.3 is 0 Å². The first-order valence-corrected chi connectivity index (χ1v) is 7.91. The van der Waals surface area contributed by atoms with Crippen LogP contribution in [0.4, 0.5) is 0 Å². The minimum atomic E-state index is -0.147. The van der Waals surface area contributed by atoms with Crippen LogP contribution in [0.2, 0.25) is 10.0 Å². The molecule has 1 heterocycles. The number of nitrogens with zero attached hydrogens (tertiary/aromatic N) is 1. The van der Waals surface area contributed by atoms with Gasteiger partial charge in [0.2, 0.25) is 5.91 Å². The third-order valence-corrected chi connectivity index (χ3v) is 4.54. The quantitative estimate of drug-likeness (QED) is 0.925. The van der Waals surface area contributed by atoms with Crippen LogP contribution in [0.5, 0.6) is 0 Å². The highest BCUT2D eigenvalue weighted by atomic mass is 35.5. The van der Waals surface area contributed by atoms with Gasteiger partial charge in [0, 0.05) is 6.54 Å². The van der Waals surface area contributed by atoms with Crippen molar-refractivity contribution >= 4 is 29.1 Å².